The van der Waals surface area contributed by atoms with Crippen molar-refractivity contribution >= 4 is 17.9 Å². The molecule has 0 radical (unpaired) electrons. The van der Waals surface area contributed by atoms with E-state index in [9.17, 15) is 14.4 Å². The minimum absolute atomic E-state index is 0.123. The average molecular weight is 1140 g/mol. The molecule has 0 saturated carbocycles. The number of unbranched alkanes of at least 4 members (excludes halogenated alkanes) is 20. The molecule has 0 aromatic carbocycles. The Bertz CT molecular complexity index is 1890. The molecular formula is C77H122O6. The van der Waals surface area contributed by atoms with Crippen LogP contribution in [0, 0.1) is 0 Å². The third kappa shape index (κ3) is 67.4. The first-order valence-electron chi connectivity index (χ1n) is 33.6. The first kappa shape index (κ1) is 77.8. The Labute approximate surface area is 511 Å². The van der Waals surface area contributed by atoms with E-state index in [2.05, 4.69) is 185 Å². The van der Waals surface area contributed by atoms with Crippen LogP contribution in [0.4, 0.5) is 0 Å². The third-order valence-electron chi connectivity index (χ3n) is 13.7. The molecule has 83 heavy (non-hydrogen) atoms. The van der Waals surface area contributed by atoms with Gasteiger partial charge in [-0.25, -0.2) is 0 Å². The molecule has 0 fully saturated rings. The Balaban J connectivity index is 4.56. The van der Waals surface area contributed by atoms with Gasteiger partial charge in [0.2, 0.25) is 0 Å². The topological polar surface area (TPSA) is 78.9 Å². The van der Waals surface area contributed by atoms with Gasteiger partial charge in [-0.2, -0.15) is 0 Å². The van der Waals surface area contributed by atoms with Gasteiger partial charge in [-0.05, 0) is 141 Å². The number of hydrogen-bond donors (Lipinski definition) is 0. The Kier molecular flexibility index (Phi) is 64.9. The number of carbonyl (C=O) groups excluding carboxylic acids is 3. The van der Waals surface area contributed by atoms with Crippen LogP contribution in [0.5, 0.6) is 0 Å². The Hall–Kier alpha value is -5.23. The fraction of sp³-hybridized carbons (Fsp3) is 0.597. The van der Waals surface area contributed by atoms with Gasteiger partial charge < -0.3 is 14.2 Å². The second-order valence-electron chi connectivity index (χ2n) is 21.6. The lowest BCUT2D eigenvalue weighted by atomic mass is 10.0. The zero-order valence-electron chi connectivity index (χ0n) is 53.4. The van der Waals surface area contributed by atoms with Crippen LogP contribution in [0.15, 0.2) is 170 Å². The van der Waals surface area contributed by atoms with Crippen molar-refractivity contribution < 1.29 is 28.6 Å². The second kappa shape index (κ2) is 69.3. The van der Waals surface area contributed by atoms with Gasteiger partial charge in [-0.1, -0.05) is 287 Å². The molecule has 0 aliphatic rings. The molecule has 0 bridgehead atoms. The van der Waals surface area contributed by atoms with Crippen molar-refractivity contribution in [3.05, 3.63) is 170 Å². The molecule has 1 atom stereocenters. The molecule has 0 saturated heterocycles. The van der Waals surface area contributed by atoms with Crippen LogP contribution in [0.3, 0.4) is 0 Å². The van der Waals surface area contributed by atoms with Crippen molar-refractivity contribution in [1.82, 2.24) is 0 Å². The highest BCUT2D eigenvalue weighted by Gasteiger charge is 2.19. The SMILES string of the molecule is CC/C=C\C/C=C\C/C=C\C/C=C\C/C=C\C/C=C\CCCCCCC(=O)OCC(COC(=O)CC/C=C\C/C=C\C/C=C\C/C=C\C/C=C\C/C=C\CC)OC(=O)CCCCCCCCCCCCC/C=C\C/C=C\CCCCCCC. The van der Waals surface area contributed by atoms with E-state index in [4.69, 9.17) is 14.2 Å². The summed E-state index contributed by atoms with van der Waals surface area (Å²) in [5, 5.41) is 0. The Morgan fingerprint density at radius 1 is 0.253 bits per heavy atom. The molecular weight excluding hydrogens is 1020 g/mol. The standard InChI is InChI=1S/C77H122O6/c1-4-7-10-13-16-19-22-25-28-31-34-36-38-40-43-46-49-52-55-58-61-64-67-70-76(79)82-73-74(72-81-75(78)69-66-63-60-57-54-51-48-45-42-33-30-27-24-21-18-15-12-9-6-3)83-77(80)71-68-65-62-59-56-53-50-47-44-41-39-37-35-32-29-26-23-20-17-14-11-8-5-2/h7,9-10,12,16,18-19,21,23,25-28,30,32,34-36,40,42-43,45,49,51-52,54,60,63,74H,4-6,8,11,13-15,17,20,22,24,29,31,33,37-39,41,44,46-48,50,53,55-59,61-62,64-73H2,1-3H3/b10-7-,12-9-,19-16-,21-18-,26-23-,28-25-,30-27-,35-32-,36-34-,43-40-,45-42-,52-49-,54-51-,63-60-. The van der Waals surface area contributed by atoms with Crippen LogP contribution in [0.25, 0.3) is 0 Å². The van der Waals surface area contributed by atoms with Crippen molar-refractivity contribution in [1.29, 1.82) is 0 Å². The van der Waals surface area contributed by atoms with E-state index < -0.39 is 6.10 Å². The van der Waals surface area contributed by atoms with Gasteiger partial charge in [0.15, 0.2) is 6.10 Å². The van der Waals surface area contributed by atoms with Crippen LogP contribution in [-0.2, 0) is 28.6 Å². The van der Waals surface area contributed by atoms with Crippen molar-refractivity contribution in [2.45, 2.75) is 284 Å². The Morgan fingerprint density at radius 3 is 0.807 bits per heavy atom. The maximum Gasteiger partial charge on any atom is 0.306 e. The lowest BCUT2D eigenvalue weighted by molar-refractivity contribution is -0.166. The van der Waals surface area contributed by atoms with Gasteiger partial charge in [0.05, 0.1) is 0 Å². The van der Waals surface area contributed by atoms with E-state index in [1.165, 1.54) is 96.3 Å². The third-order valence-corrected chi connectivity index (χ3v) is 13.7. The summed E-state index contributed by atoms with van der Waals surface area (Å²) in [7, 11) is 0. The van der Waals surface area contributed by atoms with Crippen LogP contribution in [0.2, 0.25) is 0 Å². The van der Waals surface area contributed by atoms with Crippen molar-refractivity contribution in [2.24, 2.45) is 0 Å². The van der Waals surface area contributed by atoms with Gasteiger partial charge in [0, 0.05) is 19.3 Å². The number of carbonyl (C=O) groups is 3. The number of rotatable bonds is 59. The van der Waals surface area contributed by atoms with E-state index in [-0.39, 0.29) is 37.5 Å². The molecule has 0 aliphatic heterocycles. The normalized spacial score (nSPS) is 13.2. The summed E-state index contributed by atoms with van der Waals surface area (Å²) in [6.07, 6.45) is 102. The summed E-state index contributed by atoms with van der Waals surface area (Å²) in [5.41, 5.74) is 0. The lowest BCUT2D eigenvalue weighted by Crippen LogP contribution is -2.30. The van der Waals surface area contributed by atoms with Gasteiger partial charge >= 0.3 is 17.9 Å². The van der Waals surface area contributed by atoms with Gasteiger partial charge in [0.1, 0.15) is 13.2 Å². The first-order valence-corrected chi connectivity index (χ1v) is 33.6. The number of hydrogen-bond acceptors (Lipinski definition) is 6. The Morgan fingerprint density at radius 2 is 0.494 bits per heavy atom. The highest BCUT2D eigenvalue weighted by molar-refractivity contribution is 5.71. The van der Waals surface area contributed by atoms with E-state index >= 15 is 0 Å². The molecule has 1 unspecified atom stereocenters. The molecule has 6 heteroatoms. The van der Waals surface area contributed by atoms with Crippen molar-refractivity contribution in [2.75, 3.05) is 13.2 Å². The van der Waals surface area contributed by atoms with Gasteiger partial charge in [-0.15, -0.1) is 0 Å². The van der Waals surface area contributed by atoms with Crippen LogP contribution in [-0.4, -0.2) is 37.2 Å². The van der Waals surface area contributed by atoms with E-state index in [1.54, 1.807) is 0 Å². The zero-order valence-corrected chi connectivity index (χ0v) is 53.4. The molecule has 0 spiro atoms. The molecule has 0 aromatic heterocycles. The quantitative estimate of drug-likeness (QED) is 0.0261. The molecule has 0 heterocycles. The van der Waals surface area contributed by atoms with Crippen LogP contribution < -0.4 is 0 Å². The summed E-state index contributed by atoms with van der Waals surface area (Å²) in [6, 6.07) is 0. The minimum atomic E-state index is -0.832. The molecule has 0 amide bonds. The first-order chi connectivity index (χ1) is 41.0. The second-order valence-corrected chi connectivity index (χ2v) is 21.6. The fourth-order valence-electron chi connectivity index (χ4n) is 8.74. The summed E-state index contributed by atoms with van der Waals surface area (Å²) < 4.78 is 16.9. The number of esters is 3. The average Bonchev–Trinajstić information content (AvgIpc) is 3.49. The van der Waals surface area contributed by atoms with E-state index in [1.807, 2.05) is 6.08 Å². The lowest BCUT2D eigenvalue weighted by Gasteiger charge is -2.18. The maximum atomic E-state index is 13.0. The molecule has 0 N–H and O–H groups in total. The summed E-state index contributed by atoms with van der Waals surface area (Å²) >= 11 is 0. The van der Waals surface area contributed by atoms with Crippen molar-refractivity contribution in [3.63, 3.8) is 0 Å². The predicted molar refractivity (Wildman–Crippen MR) is 361 cm³/mol. The predicted octanol–water partition coefficient (Wildman–Crippen LogP) is 23.4. The molecule has 466 valence electrons. The molecule has 6 nitrogen and oxygen atoms in total. The van der Waals surface area contributed by atoms with Gasteiger partial charge in [-0.3, -0.25) is 14.4 Å². The molecule has 0 rings (SSSR count). The smallest absolute Gasteiger partial charge is 0.306 e. The maximum absolute atomic E-state index is 13.0. The number of ether oxygens (including phenoxy) is 3. The number of allylic oxidation sites excluding steroid dienone is 28. The van der Waals surface area contributed by atoms with E-state index in [0.29, 0.717) is 19.3 Å². The fourth-order valence-corrected chi connectivity index (χ4v) is 8.74. The van der Waals surface area contributed by atoms with E-state index in [0.717, 1.165) is 135 Å². The summed E-state index contributed by atoms with van der Waals surface area (Å²) in [6.45, 7) is 6.32. The minimum Gasteiger partial charge on any atom is -0.462 e. The van der Waals surface area contributed by atoms with Crippen LogP contribution in [0.1, 0.15) is 278 Å². The highest BCUT2D eigenvalue weighted by Crippen LogP contribution is 2.15. The van der Waals surface area contributed by atoms with Crippen molar-refractivity contribution in [3.8, 4) is 0 Å². The molecule has 0 aliphatic carbocycles. The highest BCUT2D eigenvalue weighted by atomic mass is 16.6. The summed E-state index contributed by atoms with van der Waals surface area (Å²) in [4.78, 5) is 38.4. The van der Waals surface area contributed by atoms with Crippen LogP contribution >= 0.6 is 0 Å². The van der Waals surface area contributed by atoms with Gasteiger partial charge in [0.25, 0.3) is 0 Å². The largest absolute Gasteiger partial charge is 0.462 e. The molecule has 0 aromatic rings. The monoisotopic (exact) mass is 1140 g/mol. The summed E-state index contributed by atoms with van der Waals surface area (Å²) in [5.74, 6) is -1.04. The zero-order chi connectivity index (χ0) is 59.9.